The third kappa shape index (κ3) is 1.70. The van der Waals surface area contributed by atoms with E-state index in [9.17, 15) is 0 Å². The molecule has 2 nitrogen and oxygen atoms in total. The number of hydrogen-bond donors (Lipinski definition) is 0. The molecular weight excluding hydrogens is 148 g/mol. The van der Waals surface area contributed by atoms with E-state index >= 15 is 0 Å². The Hall–Kier alpha value is -1.18. The molecule has 0 spiro atoms. The molecule has 12 heavy (non-hydrogen) atoms. The van der Waals surface area contributed by atoms with Gasteiger partial charge in [-0.1, -0.05) is 6.92 Å². The molecule has 0 aliphatic heterocycles. The maximum absolute atomic E-state index is 4.21. The van der Waals surface area contributed by atoms with E-state index in [0.29, 0.717) is 0 Å². The summed E-state index contributed by atoms with van der Waals surface area (Å²) in [5.41, 5.74) is 3.54. The van der Waals surface area contributed by atoms with Crippen molar-refractivity contribution in [2.45, 2.75) is 20.3 Å². The molecule has 64 valence electrons. The Kier molecular flexibility index (Phi) is 2.97. The first-order chi connectivity index (χ1) is 5.79. The SMILES string of the molecule is CC/C(=N/C)c1cnccc1C. The van der Waals surface area contributed by atoms with Gasteiger partial charge in [0.1, 0.15) is 0 Å². The van der Waals surface area contributed by atoms with Gasteiger partial charge in [0.05, 0.1) is 0 Å². The zero-order valence-corrected chi connectivity index (χ0v) is 7.83. The van der Waals surface area contributed by atoms with E-state index in [1.807, 2.05) is 25.5 Å². The Morgan fingerprint density at radius 1 is 1.58 bits per heavy atom. The fourth-order valence-corrected chi connectivity index (χ4v) is 1.24. The molecule has 0 radical (unpaired) electrons. The monoisotopic (exact) mass is 162 g/mol. The van der Waals surface area contributed by atoms with Crippen LogP contribution in [0.1, 0.15) is 24.5 Å². The number of aliphatic imine (C=N–C) groups is 1. The number of aryl methyl sites for hydroxylation is 1. The second-order valence-corrected chi connectivity index (χ2v) is 2.71. The predicted octanol–water partition coefficient (Wildman–Crippen LogP) is 2.22. The van der Waals surface area contributed by atoms with Crippen molar-refractivity contribution in [1.29, 1.82) is 0 Å². The Labute approximate surface area is 73.4 Å². The summed E-state index contributed by atoms with van der Waals surface area (Å²) in [7, 11) is 1.82. The second kappa shape index (κ2) is 4.00. The van der Waals surface area contributed by atoms with Gasteiger partial charge in [-0.2, -0.15) is 0 Å². The van der Waals surface area contributed by atoms with Crippen LogP contribution in [0.3, 0.4) is 0 Å². The lowest BCUT2D eigenvalue weighted by molar-refractivity contribution is 1.20. The summed E-state index contributed by atoms with van der Waals surface area (Å²) in [5, 5.41) is 0. The third-order valence-corrected chi connectivity index (χ3v) is 1.95. The summed E-state index contributed by atoms with van der Waals surface area (Å²) < 4.78 is 0. The first-order valence-corrected chi connectivity index (χ1v) is 4.16. The van der Waals surface area contributed by atoms with Crippen LogP contribution in [0.4, 0.5) is 0 Å². The summed E-state index contributed by atoms with van der Waals surface area (Å²) in [6.07, 6.45) is 4.64. The Morgan fingerprint density at radius 3 is 2.83 bits per heavy atom. The minimum Gasteiger partial charge on any atom is -0.292 e. The maximum atomic E-state index is 4.21. The van der Waals surface area contributed by atoms with Gasteiger partial charge in [0, 0.05) is 30.7 Å². The number of nitrogens with zero attached hydrogens (tertiary/aromatic N) is 2. The van der Waals surface area contributed by atoms with Crippen molar-refractivity contribution in [3.05, 3.63) is 29.6 Å². The molecule has 1 rings (SSSR count). The first kappa shape index (κ1) is 8.91. The largest absolute Gasteiger partial charge is 0.292 e. The zero-order valence-electron chi connectivity index (χ0n) is 7.83. The topological polar surface area (TPSA) is 25.2 Å². The van der Waals surface area contributed by atoms with Crippen molar-refractivity contribution >= 4 is 5.71 Å². The van der Waals surface area contributed by atoms with E-state index in [4.69, 9.17) is 0 Å². The molecular formula is C10H14N2. The third-order valence-electron chi connectivity index (χ3n) is 1.95. The molecule has 1 heterocycles. The smallest absolute Gasteiger partial charge is 0.0432 e. The second-order valence-electron chi connectivity index (χ2n) is 2.71. The molecule has 0 bridgehead atoms. The van der Waals surface area contributed by atoms with Crippen LogP contribution in [0, 0.1) is 6.92 Å². The highest BCUT2D eigenvalue weighted by Gasteiger charge is 2.02. The van der Waals surface area contributed by atoms with Crippen molar-refractivity contribution in [3.8, 4) is 0 Å². The van der Waals surface area contributed by atoms with Gasteiger partial charge in [0.15, 0.2) is 0 Å². The van der Waals surface area contributed by atoms with E-state index in [1.54, 1.807) is 0 Å². The van der Waals surface area contributed by atoms with Crippen LogP contribution in [0.15, 0.2) is 23.5 Å². The van der Waals surface area contributed by atoms with Gasteiger partial charge in [0.2, 0.25) is 0 Å². The van der Waals surface area contributed by atoms with E-state index < -0.39 is 0 Å². The van der Waals surface area contributed by atoms with Crippen LogP contribution < -0.4 is 0 Å². The fraction of sp³-hybridized carbons (Fsp3) is 0.400. The predicted molar refractivity (Wildman–Crippen MR) is 51.7 cm³/mol. The maximum Gasteiger partial charge on any atom is 0.0432 e. The van der Waals surface area contributed by atoms with E-state index in [2.05, 4.69) is 23.8 Å². The van der Waals surface area contributed by atoms with Gasteiger partial charge in [-0.05, 0) is 25.0 Å². The van der Waals surface area contributed by atoms with Crippen molar-refractivity contribution in [1.82, 2.24) is 4.98 Å². The van der Waals surface area contributed by atoms with Crippen LogP contribution in [0.5, 0.6) is 0 Å². The molecule has 0 aliphatic carbocycles. The van der Waals surface area contributed by atoms with Crippen LogP contribution in [-0.2, 0) is 0 Å². The van der Waals surface area contributed by atoms with Gasteiger partial charge < -0.3 is 0 Å². The standard InChI is InChI=1S/C10H14N2/c1-4-10(11-3)9-7-12-6-5-8(9)2/h5-7H,4H2,1-3H3/b11-10-. The summed E-state index contributed by atoms with van der Waals surface area (Å²) in [5.74, 6) is 0. The summed E-state index contributed by atoms with van der Waals surface area (Å²) in [6.45, 7) is 4.19. The number of hydrogen-bond acceptors (Lipinski definition) is 2. The summed E-state index contributed by atoms with van der Waals surface area (Å²) in [6, 6.07) is 2.01. The lowest BCUT2D eigenvalue weighted by atomic mass is 10.1. The Balaban J connectivity index is 3.10. The van der Waals surface area contributed by atoms with Crippen molar-refractivity contribution in [2.75, 3.05) is 7.05 Å². The fourth-order valence-electron chi connectivity index (χ4n) is 1.24. The minimum absolute atomic E-state index is 0.961. The molecule has 0 saturated heterocycles. The van der Waals surface area contributed by atoms with Crippen LogP contribution in [-0.4, -0.2) is 17.7 Å². The molecule has 2 heteroatoms. The van der Waals surface area contributed by atoms with E-state index in [-0.39, 0.29) is 0 Å². The van der Waals surface area contributed by atoms with Gasteiger partial charge in [0.25, 0.3) is 0 Å². The average molecular weight is 162 g/mol. The molecule has 1 aromatic heterocycles. The molecule has 0 saturated carbocycles. The summed E-state index contributed by atoms with van der Waals surface area (Å²) >= 11 is 0. The van der Waals surface area contributed by atoms with Gasteiger partial charge in [-0.3, -0.25) is 9.98 Å². The average Bonchev–Trinajstić information content (AvgIpc) is 2.10. The summed E-state index contributed by atoms with van der Waals surface area (Å²) in [4.78, 5) is 8.30. The van der Waals surface area contributed by atoms with Gasteiger partial charge in [-0.15, -0.1) is 0 Å². The molecule has 0 aliphatic rings. The highest BCUT2D eigenvalue weighted by Crippen LogP contribution is 2.08. The Morgan fingerprint density at radius 2 is 2.33 bits per heavy atom. The van der Waals surface area contributed by atoms with Crippen molar-refractivity contribution < 1.29 is 0 Å². The van der Waals surface area contributed by atoms with Crippen LogP contribution >= 0.6 is 0 Å². The number of pyridine rings is 1. The highest BCUT2D eigenvalue weighted by atomic mass is 14.7. The van der Waals surface area contributed by atoms with Crippen molar-refractivity contribution in [3.63, 3.8) is 0 Å². The first-order valence-electron chi connectivity index (χ1n) is 4.16. The van der Waals surface area contributed by atoms with Gasteiger partial charge >= 0.3 is 0 Å². The van der Waals surface area contributed by atoms with E-state index in [1.165, 1.54) is 11.1 Å². The zero-order chi connectivity index (χ0) is 8.97. The Bertz CT molecular complexity index is 290. The minimum atomic E-state index is 0.961. The quantitative estimate of drug-likeness (QED) is 0.612. The normalized spacial score (nSPS) is 11.8. The van der Waals surface area contributed by atoms with Crippen LogP contribution in [0.2, 0.25) is 0 Å². The lowest BCUT2D eigenvalue weighted by Gasteiger charge is -2.04. The van der Waals surface area contributed by atoms with Crippen molar-refractivity contribution in [2.24, 2.45) is 4.99 Å². The molecule has 1 aromatic rings. The molecule has 0 aromatic carbocycles. The molecule has 0 unspecified atom stereocenters. The van der Waals surface area contributed by atoms with Gasteiger partial charge in [-0.25, -0.2) is 0 Å². The van der Waals surface area contributed by atoms with Crippen LogP contribution in [0.25, 0.3) is 0 Å². The highest BCUT2D eigenvalue weighted by molar-refractivity contribution is 6.01. The lowest BCUT2D eigenvalue weighted by Crippen LogP contribution is -2.01. The number of aromatic nitrogens is 1. The number of rotatable bonds is 2. The molecule has 0 N–H and O–H groups in total. The molecule has 0 atom stereocenters. The van der Waals surface area contributed by atoms with E-state index in [0.717, 1.165) is 12.1 Å². The molecule has 0 amide bonds. The molecule has 0 fully saturated rings.